The smallest absolute Gasteiger partial charge is 0.222 e. The third kappa shape index (κ3) is 2.49. The summed E-state index contributed by atoms with van der Waals surface area (Å²) >= 11 is 5.90. The molecule has 3 nitrogen and oxygen atoms in total. The van der Waals surface area contributed by atoms with E-state index >= 15 is 0 Å². The lowest BCUT2D eigenvalue weighted by atomic mass is 9.96. The first kappa shape index (κ1) is 13.3. The zero-order chi connectivity index (χ0) is 13.3. The van der Waals surface area contributed by atoms with Crippen molar-refractivity contribution in [1.29, 1.82) is 0 Å². The van der Waals surface area contributed by atoms with Crippen LogP contribution < -0.4 is 5.73 Å². The monoisotopic (exact) mass is 270 g/mol. The van der Waals surface area contributed by atoms with Gasteiger partial charge in [0.2, 0.25) is 5.91 Å². The van der Waals surface area contributed by atoms with Crippen molar-refractivity contribution in [1.82, 2.24) is 4.90 Å². The largest absolute Gasteiger partial charge is 0.337 e. The van der Waals surface area contributed by atoms with E-state index in [1.54, 1.807) is 13.1 Å². The van der Waals surface area contributed by atoms with E-state index in [0.717, 1.165) is 6.42 Å². The fourth-order valence-electron chi connectivity index (χ4n) is 2.45. The molecule has 1 aromatic rings. The maximum atomic E-state index is 13.9. The molecule has 1 fully saturated rings. The van der Waals surface area contributed by atoms with Gasteiger partial charge in [0.05, 0.1) is 6.04 Å². The number of hydrogen-bond donors (Lipinski definition) is 1. The molecule has 2 rings (SSSR count). The summed E-state index contributed by atoms with van der Waals surface area (Å²) in [5.41, 5.74) is 6.48. The number of halogens is 2. The van der Waals surface area contributed by atoms with Crippen molar-refractivity contribution < 1.29 is 9.18 Å². The van der Waals surface area contributed by atoms with Crippen LogP contribution in [0.4, 0.5) is 4.39 Å². The molecular weight excluding hydrogens is 255 g/mol. The molecule has 1 aliphatic rings. The fraction of sp³-hybridized carbons (Fsp3) is 0.462. The summed E-state index contributed by atoms with van der Waals surface area (Å²) in [6, 6.07) is 3.64. The second kappa shape index (κ2) is 5.24. The van der Waals surface area contributed by atoms with E-state index in [0.29, 0.717) is 23.4 Å². The summed E-state index contributed by atoms with van der Waals surface area (Å²) in [6.07, 6.45) is 1.90. The minimum absolute atomic E-state index is 0.00711. The molecule has 2 unspecified atom stereocenters. The van der Waals surface area contributed by atoms with Crippen LogP contribution in [0.2, 0.25) is 5.02 Å². The van der Waals surface area contributed by atoms with E-state index < -0.39 is 6.04 Å². The van der Waals surface area contributed by atoms with Crippen molar-refractivity contribution in [2.75, 3.05) is 7.05 Å². The number of nitrogens with zero attached hydrogens (tertiary/aromatic N) is 1. The van der Waals surface area contributed by atoms with Gasteiger partial charge in [-0.1, -0.05) is 11.6 Å². The van der Waals surface area contributed by atoms with Crippen molar-refractivity contribution in [3.63, 3.8) is 0 Å². The molecule has 5 heteroatoms. The van der Waals surface area contributed by atoms with Crippen LogP contribution >= 0.6 is 11.6 Å². The Hall–Kier alpha value is -1.13. The van der Waals surface area contributed by atoms with E-state index in [-0.39, 0.29) is 17.8 Å². The van der Waals surface area contributed by atoms with E-state index in [4.69, 9.17) is 17.3 Å². The van der Waals surface area contributed by atoms with Crippen molar-refractivity contribution in [2.45, 2.75) is 31.3 Å². The van der Waals surface area contributed by atoms with Crippen molar-refractivity contribution in [3.8, 4) is 0 Å². The van der Waals surface area contributed by atoms with Gasteiger partial charge in [-0.05, 0) is 31.0 Å². The molecular formula is C13H16ClFN2O. The Morgan fingerprint density at radius 3 is 2.94 bits per heavy atom. The molecule has 0 saturated carbocycles. The summed E-state index contributed by atoms with van der Waals surface area (Å²) < 4.78 is 13.9. The first-order valence-corrected chi connectivity index (χ1v) is 6.34. The predicted molar refractivity (Wildman–Crippen MR) is 68.7 cm³/mol. The SMILES string of the molecule is CN1C(=O)CCCC(N)C1c1cc(Cl)ccc1F. The van der Waals surface area contributed by atoms with Gasteiger partial charge in [0.25, 0.3) is 0 Å². The Morgan fingerprint density at radius 2 is 2.22 bits per heavy atom. The molecule has 98 valence electrons. The first-order chi connectivity index (χ1) is 8.50. The van der Waals surface area contributed by atoms with Crippen LogP contribution in [0.5, 0.6) is 0 Å². The van der Waals surface area contributed by atoms with Crippen molar-refractivity contribution in [2.24, 2.45) is 5.73 Å². The van der Waals surface area contributed by atoms with Gasteiger partial charge in [0.15, 0.2) is 0 Å². The zero-order valence-electron chi connectivity index (χ0n) is 10.2. The molecule has 0 aromatic heterocycles. The van der Waals surface area contributed by atoms with Crippen LogP contribution in [-0.2, 0) is 4.79 Å². The predicted octanol–water partition coefficient (Wildman–Crippen LogP) is 2.49. The summed E-state index contributed by atoms with van der Waals surface area (Å²) in [5, 5.41) is 0.448. The number of rotatable bonds is 1. The maximum absolute atomic E-state index is 13.9. The number of benzene rings is 1. The molecule has 1 amide bonds. The number of nitrogens with two attached hydrogens (primary N) is 1. The molecule has 0 aliphatic carbocycles. The molecule has 0 radical (unpaired) electrons. The lowest BCUT2D eigenvalue weighted by Crippen LogP contribution is -2.40. The molecule has 2 N–H and O–H groups in total. The van der Waals surface area contributed by atoms with Gasteiger partial charge in [-0.3, -0.25) is 4.79 Å². The first-order valence-electron chi connectivity index (χ1n) is 5.97. The number of likely N-dealkylation sites (tertiary alicyclic amines) is 1. The Balaban J connectivity index is 2.44. The van der Waals surface area contributed by atoms with E-state index in [1.165, 1.54) is 17.0 Å². The molecule has 1 aromatic carbocycles. The number of carbonyl (C=O) groups excluding carboxylic acids is 1. The van der Waals surface area contributed by atoms with Gasteiger partial charge in [-0.2, -0.15) is 0 Å². The van der Waals surface area contributed by atoms with E-state index in [2.05, 4.69) is 0 Å². The third-order valence-electron chi connectivity index (χ3n) is 3.42. The van der Waals surface area contributed by atoms with Gasteiger partial charge in [0, 0.05) is 30.1 Å². The topological polar surface area (TPSA) is 46.3 Å². The number of amides is 1. The molecule has 1 aliphatic heterocycles. The van der Waals surface area contributed by atoms with Gasteiger partial charge in [-0.25, -0.2) is 4.39 Å². The van der Waals surface area contributed by atoms with Gasteiger partial charge < -0.3 is 10.6 Å². The highest BCUT2D eigenvalue weighted by Gasteiger charge is 2.32. The van der Waals surface area contributed by atoms with Crippen LogP contribution in [-0.4, -0.2) is 23.9 Å². The average molecular weight is 271 g/mol. The number of hydrogen-bond acceptors (Lipinski definition) is 2. The Morgan fingerprint density at radius 1 is 1.50 bits per heavy atom. The average Bonchev–Trinajstić information content (AvgIpc) is 2.44. The van der Waals surface area contributed by atoms with Crippen LogP contribution in [0.25, 0.3) is 0 Å². The van der Waals surface area contributed by atoms with Gasteiger partial charge in [0.1, 0.15) is 5.82 Å². The summed E-state index contributed by atoms with van der Waals surface area (Å²) in [4.78, 5) is 13.4. The van der Waals surface area contributed by atoms with Gasteiger partial charge >= 0.3 is 0 Å². The molecule has 18 heavy (non-hydrogen) atoms. The normalized spacial score (nSPS) is 25.1. The summed E-state index contributed by atoms with van der Waals surface area (Å²) in [7, 11) is 1.67. The lowest BCUT2D eigenvalue weighted by molar-refractivity contribution is -0.131. The van der Waals surface area contributed by atoms with Crippen LogP contribution in [0, 0.1) is 5.82 Å². The zero-order valence-corrected chi connectivity index (χ0v) is 11.0. The van der Waals surface area contributed by atoms with Crippen LogP contribution in [0.3, 0.4) is 0 Å². The summed E-state index contributed by atoms with van der Waals surface area (Å²) in [6.45, 7) is 0. The maximum Gasteiger partial charge on any atom is 0.222 e. The molecule has 0 spiro atoms. The summed E-state index contributed by atoms with van der Waals surface area (Å²) in [5.74, 6) is -0.381. The van der Waals surface area contributed by atoms with Crippen LogP contribution in [0.1, 0.15) is 30.9 Å². The molecule has 1 saturated heterocycles. The highest BCUT2D eigenvalue weighted by atomic mass is 35.5. The van der Waals surface area contributed by atoms with Gasteiger partial charge in [-0.15, -0.1) is 0 Å². The Kier molecular flexibility index (Phi) is 3.88. The second-order valence-electron chi connectivity index (χ2n) is 4.67. The highest BCUT2D eigenvalue weighted by Crippen LogP contribution is 2.31. The minimum Gasteiger partial charge on any atom is -0.337 e. The van der Waals surface area contributed by atoms with Crippen molar-refractivity contribution >= 4 is 17.5 Å². The molecule has 0 bridgehead atoms. The molecule has 1 heterocycles. The Bertz CT molecular complexity index is 466. The quantitative estimate of drug-likeness (QED) is 0.852. The standard InChI is InChI=1S/C13H16ClFN2O/c1-17-12(18)4-2-3-11(16)13(17)9-7-8(14)5-6-10(9)15/h5-7,11,13H,2-4,16H2,1H3. The van der Waals surface area contributed by atoms with E-state index in [1.807, 2.05) is 0 Å². The second-order valence-corrected chi connectivity index (χ2v) is 5.11. The van der Waals surface area contributed by atoms with E-state index in [9.17, 15) is 9.18 Å². The third-order valence-corrected chi connectivity index (χ3v) is 3.66. The number of carbonyl (C=O) groups is 1. The molecule has 2 atom stereocenters. The minimum atomic E-state index is -0.446. The van der Waals surface area contributed by atoms with Crippen molar-refractivity contribution in [3.05, 3.63) is 34.6 Å². The number of likely N-dealkylation sites (N-methyl/N-ethyl adjacent to an activating group) is 1. The fourth-order valence-corrected chi connectivity index (χ4v) is 2.63. The highest BCUT2D eigenvalue weighted by molar-refractivity contribution is 6.30. The lowest BCUT2D eigenvalue weighted by Gasteiger charge is -2.31. The Labute approximate surface area is 111 Å². The van der Waals surface area contributed by atoms with Crippen LogP contribution in [0.15, 0.2) is 18.2 Å².